The molecule has 37 heavy (non-hydrogen) atoms. The molecule has 198 valence electrons. The number of carbonyl (C=O) groups excluding carboxylic acids is 1. The number of aromatic nitrogens is 1. The Morgan fingerprint density at radius 1 is 1.08 bits per heavy atom. The molecular formula is C25H26ClF3N4O3S. The molecule has 3 aromatic rings. The van der Waals surface area contributed by atoms with Gasteiger partial charge in [0.2, 0.25) is 10.0 Å². The number of aryl methyl sites for hydroxylation is 3. The van der Waals surface area contributed by atoms with Gasteiger partial charge in [0, 0.05) is 22.6 Å². The van der Waals surface area contributed by atoms with Crippen molar-refractivity contribution < 1.29 is 26.4 Å². The lowest BCUT2D eigenvalue weighted by Gasteiger charge is -2.22. The summed E-state index contributed by atoms with van der Waals surface area (Å²) in [5, 5.41) is 3.34. The smallest absolute Gasteiger partial charge is 0.318 e. The van der Waals surface area contributed by atoms with Crippen molar-refractivity contribution in [2.45, 2.75) is 33.9 Å². The van der Waals surface area contributed by atoms with Crippen LogP contribution >= 0.6 is 11.6 Å². The van der Waals surface area contributed by atoms with E-state index in [2.05, 4.69) is 28.7 Å². The summed E-state index contributed by atoms with van der Waals surface area (Å²) in [4.78, 5) is 12.5. The minimum Gasteiger partial charge on any atom is -0.318 e. The van der Waals surface area contributed by atoms with Crippen molar-refractivity contribution in [1.29, 1.82) is 0 Å². The van der Waals surface area contributed by atoms with E-state index < -0.39 is 39.2 Å². The lowest BCUT2D eigenvalue weighted by molar-refractivity contribution is -0.137. The molecule has 0 aliphatic heterocycles. The second kappa shape index (κ2) is 10.6. The van der Waals surface area contributed by atoms with Crippen molar-refractivity contribution in [2.24, 2.45) is 5.10 Å². The molecule has 0 aliphatic carbocycles. The molecule has 0 spiro atoms. The third-order valence-corrected chi connectivity index (χ3v) is 7.03. The maximum Gasteiger partial charge on any atom is 0.417 e. The van der Waals surface area contributed by atoms with Crippen LogP contribution in [0.25, 0.3) is 5.69 Å². The second-order valence-corrected chi connectivity index (χ2v) is 11.0. The summed E-state index contributed by atoms with van der Waals surface area (Å²) >= 11 is 5.62. The molecule has 0 bridgehead atoms. The Balaban J connectivity index is 1.80. The first-order valence-corrected chi connectivity index (χ1v) is 13.2. The van der Waals surface area contributed by atoms with Gasteiger partial charge in [-0.05, 0) is 75.2 Å². The molecule has 1 heterocycles. The van der Waals surface area contributed by atoms with E-state index in [9.17, 15) is 26.4 Å². The standard InChI is InChI=1S/C25H26ClF3N4O3S/c1-15-8-16(2)10-21(9-15)33-17(3)11-19(18(33)4)13-30-31-24(34)14-32(37(5,35)36)20-6-7-23(26)22(12-20)25(27,28)29/h6-13H,14H2,1-5H3,(H,31,34)/b30-13-. The molecule has 12 heteroatoms. The fourth-order valence-corrected chi connectivity index (χ4v) is 5.09. The van der Waals surface area contributed by atoms with Gasteiger partial charge >= 0.3 is 6.18 Å². The number of sulfonamides is 1. The van der Waals surface area contributed by atoms with Crippen LogP contribution in [0.4, 0.5) is 18.9 Å². The minimum atomic E-state index is -4.80. The van der Waals surface area contributed by atoms with Crippen LogP contribution in [-0.2, 0) is 21.0 Å². The van der Waals surface area contributed by atoms with Crippen molar-refractivity contribution in [2.75, 3.05) is 17.1 Å². The van der Waals surface area contributed by atoms with E-state index in [-0.39, 0.29) is 5.69 Å². The highest BCUT2D eigenvalue weighted by molar-refractivity contribution is 7.92. The fourth-order valence-electron chi connectivity index (χ4n) is 4.02. The van der Waals surface area contributed by atoms with Crippen LogP contribution in [0.2, 0.25) is 5.02 Å². The Labute approximate surface area is 218 Å². The maximum absolute atomic E-state index is 13.2. The molecule has 0 saturated carbocycles. The predicted molar refractivity (Wildman–Crippen MR) is 139 cm³/mol. The van der Waals surface area contributed by atoms with Crippen LogP contribution in [0.3, 0.4) is 0 Å². The normalized spacial score (nSPS) is 12.2. The van der Waals surface area contributed by atoms with Crippen LogP contribution in [0.5, 0.6) is 0 Å². The zero-order valence-corrected chi connectivity index (χ0v) is 22.4. The van der Waals surface area contributed by atoms with Gasteiger partial charge in [-0.3, -0.25) is 9.10 Å². The second-order valence-electron chi connectivity index (χ2n) is 8.73. The van der Waals surface area contributed by atoms with E-state index in [1.165, 1.54) is 6.21 Å². The number of amides is 1. The van der Waals surface area contributed by atoms with Crippen LogP contribution in [-0.4, -0.2) is 37.9 Å². The number of hydrazone groups is 1. The van der Waals surface area contributed by atoms with Gasteiger partial charge in [-0.25, -0.2) is 13.8 Å². The van der Waals surface area contributed by atoms with E-state index in [1.54, 1.807) is 0 Å². The van der Waals surface area contributed by atoms with Crippen molar-refractivity contribution in [3.8, 4) is 5.69 Å². The van der Waals surface area contributed by atoms with Gasteiger partial charge in [0.1, 0.15) is 6.54 Å². The third-order valence-electron chi connectivity index (χ3n) is 5.56. The van der Waals surface area contributed by atoms with Crippen molar-refractivity contribution in [3.63, 3.8) is 0 Å². The molecule has 1 N–H and O–H groups in total. The number of hydrogen-bond donors (Lipinski definition) is 1. The Morgan fingerprint density at radius 2 is 1.70 bits per heavy atom. The molecule has 7 nitrogen and oxygen atoms in total. The molecule has 0 aliphatic rings. The molecule has 0 saturated heterocycles. The van der Waals surface area contributed by atoms with E-state index in [1.807, 2.05) is 38.3 Å². The molecule has 1 amide bonds. The number of alkyl halides is 3. The van der Waals surface area contributed by atoms with E-state index in [0.717, 1.165) is 52.2 Å². The lowest BCUT2D eigenvalue weighted by atomic mass is 10.1. The minimum absolute atomic E-state index is 0.352. The van der Waals surface area contributed by atoms with Gasteiger partial charge < -0.3 is 4.57 Å². The van der Waals surface area contributed by atoms with Gasteiger partial charge in [-0.2, -0.15) is 18.3 Å². The summed E-state index contributed by atoms with van der Waals surface area (Å²) in [6.07, 6.45) is -2.59. The maximum atomic E-state index is 13.2. The van der Waals surface area contributed by atoms with Crippen molar-refractivity contribution in [3.05, 3.63) is 81.1 Å². The number of halogens is 4. The molecule has 0 atom stereocenters. The highest BCUT2D eigenvalue weighted by Crippen LogP contribution is 2.37. The summed E-state index contributed by atoms with van der Waals surface area (Å²) in [5.74, 6) is -0.840. The average Bonchev–Trinajstić information content (AvgIpc) is 3.03. The summed E-state index contributed by atoms with van der Waals surface area (Å²) in [6, 6.07) is 10.7. The quantitative estimate of drug-likeness (QED) is 0.318. The Morgan fingerprint density at radius 3 is 2.27 bits per heavy atom. The first kappa shape index (κ1) is 28.3. The van der Waals surface area contributed by atoms with Gasteiger partial charge in [-0.1, -0.05) is 17.7 Å². The predicted octanol–water partition coefficient (Wildman–Crippen LogP) is 5.30. The SMILES string of the molecule is Cc1cc(C)cc(-n2c(C)cc(/C=N\NC(=O)CN(c3ccc(Cl)c(C(F)(F)F)c3)S(C)(=O)=O)c2C)c1. The van der Waals surface area contributed by atoms with Crippen molar-refractivity contribution >= 4 is 39.4 Å². The van der Waals surface area contributed by atoms with E-state index in [4.69, 9.17) is 11.6 Å². The van der Waals surface area contributed by atoms with Gasteiger partial charge in [-0.15, -0.1) is 0 Å². The molecular weight excluding hydrogens is 529 g/mol. The Kier molecular flexibility index (Phi) is 8.09. The van der Waals surface area contributed by atoms with Gasteiger partial charge in [0.25, 0.3) is 5.91 Å². The molecule has 3 rings (SSSR count). The number of carbonyl (C=O) groups is 1. The number of hydrogen-bond acceptors (Lipinski definition) is 4. The number of nitrogens with zero attached hydrogens (tertiary/aromatic N) is 3. The van der Waals surface area contributed by atoms with Crippen LogP contribution in [0.1, 0.15) is 33.6 Å². The summed E-state index contributed by atoms with van der Waals surface area (Å²) < 4.78 is 66.8. The fraction of sp³-hybridized carbons (Fsp3) is 0.280. The van der Waals surface area contributed by atoms with Crippen LogP contribution < -0.4 is 9.73 Å². The molecule has 2 aromatic carbocycles. The number of benzene rings is 2. The van der Waals surface area contributed by atoms with E-state index >= 15 is 0 Å². The van der Waals surface area contributed by atoms with Gasteiger partial charge in [0.15, 0.2) is 0 Å². The van der Waals surface area contributed by atoms with Gasteiger partial charge in [0.05, 0.1) is 28.7 Å². The average molecular weight is 555 g/mol. The van der Waals surface area contributed by atoms with Crippen LogP contribution in [0.15, 0.2) is 47.6 Å². The summed E-state index contributed by atoms with van der Waals surface area (Å²) in [7, 11) is -4.11. The first-order valence-electron chi connectivity index (χ1n) is 11.0. The number of anilines is 1. The molecule has 0 radical (unpaired) electrons. The Bertz CT molecular complexity index is 1460. The zero-order chi connectivity index (χ0) is 27.7. The molecule has 0 fully saturated rings. The topological polar surface area (TPSA) is 83.8 Å². The summed E-state index contributed by atoms with van der Waals surface area (Å²) in [5.41, 5.74) is 6.44. The highest BCUT2D eigenvalue weighted by Gasteiger charge is 2.34. The third kappa shape index (κ3) is 6.72. The molecule has 0 unspecified atom stereocenters. The Hall–Kier alpha value is -3.31. The monoisotopic (exact) mass is 554 g/mol. The highest BCUT2D eigenvalue weighted by atomic mass is 35.5. The first-order chi connectivity index (χ1) is 17.1. The lowest BCUT2D eigenvalue weighted by Crippen LogP contribution is -2.39. The molecule has 1 aromatic heterocycles. The zero-order valence-electron chi connectivity index (χ0n) is 20.8. The van der Waals surface area contributed by atoms with Crippen LogP contribution in [0, 0.1) is 27.7 Å². The van der Waals surface area contributed by atoms with E-state index in [0.29, 0.717) is 10.4 Å². The number of rotatable bonds is 7. The summed E-state index contributed by atoms with van der Waals surface area (Å²) in [6.45, 7) is 7.08. The number of nitrogens with one attached hydrogen (secondary N) is 1. The van der Waals surface area contributed by atoms with Crippen molar-refractivity contribution in [1.82, 2.24) is 9.99 Å². The largest absolute Gasteiger partial charge is 0.417 e.